The topological polar surface area (TPSA) is 87.6 Å². The lowest BCUT2D eigenvalue weighted by molar-refractivity contribution is -0.168. The van der Waals surface area contributed by atoms with Crippen LogP contribution in [0.3, 0.4) is 0 Å². The number of halogens is 2. The molecule has 1 fully saturated rings. The fourth-order valence-electron chi connectivity index (χ4n) is 5.66. The van der Waals surface area contributed by atoms with Crippen molar-refractivity contribution in [2.75, 3.05) is 16.8 Å². The lowest BCUT2D eigenvalue weighted by atomic mass is 9.87. The average Bonchev–Trinajstić information content (AvgIpc) is 3.67. The number of ether oxygens (including phenoxy) is 1. The van der Waals surface area contributed by atoms with Crippen molar-refractivity contribution < 1.29 is 23.4 Å². The lowest BCUT2D eigenvalue weighted by Gasteiger charge is -2.31. The number of aromatic nitrogens is 2. The molecule has 2 aromatic carbocycles. The molecule has 1 aromatic heterocycles. The molecule has 0 radical (unpaired) electrons. The highest BCUT2D eigenvalue weighted by Gasteiger charge is 2.53. The quantitative estimate of drug-likeness (QED) is 0.364. The number of rotatable bonds is 8. The molecule has 2 heterocycles. The van der Waals surface area contributed by atoms with Gasteiger partial charge in [0.2, 0.25) is 0 Å². The van der Waals surface area contributed by atoms with E-state index in [-0.39, 0.29) is 17.5 Å². The van der Waals surface area contributed by atoms with E-state index < -0.39 is 23.2 Å². The third-order valence-corrected chi connectivity index (χ3v) is 8.13. The molecule has 0 bridgehead atoms. The Morgan fingerprint density at radius 2 is 1.90 bits per heavy atom. The summed E-state index contributed by atoms with van der Waals surface area (Å²) in [5.41, 5.74) is -0.0936. The first-order chi connectivity index (χ1) is 18.2. The molecule has 1 amide bonds. The predicted molar refractivity (Wildman–Crippen MR) is 147 cm³/mol. The molecule has 2 aliphatic rings. The predicted octanol–water partition coefficient (Wildman–Crippen LogP) is 6.04. The van der Waals surface area contributed by atoms with Crippen LogP contribution in [0.1, 0.15) is 81.4 Å². The summed E-state index contributed by atoms with van der Waals surface area (Å²) in [5.74, 6) is -2.99. The molecule has 208 valence electrons. The van der Waals surface area contributed by atoms with Crippen molar-refractivity contribution in [1.29, 1.82) is 0 Å². The summed E-state index contributed by atoms with van der Waals surface area (Å²) in [6.07, 6.45) is 1.90. The number of alkyl halides is 2. The lowest BCUT2D eigenvalue weighted by Crippen LogP contribution is -2.41. The second-order valence-electron chi connectivity index (χ2n) is 11.4. The zero-order valence-electron chi connectivity index (χ0n) is 23.5. The smallest absolute Gasteiger partial charge is 0.300 e. The molecule has 0 saturated heterocycles. The van der Waals surface area contributed by atoms with Crippen LogP contribution in [0.2, 0.25) is 0 Å². The van der Waals surface area contributed by atoms with Gasteiger partial charge in [0.25, 0.3) is 5.91 Å². The summed E-state index contributed by atoms with van der Waals surface area (Å²) in [5, 5.41) is 24.0. The summed E-state index contributed by atoms with van der Waals surface area (Å²) < 4.78 is 36.2. The van der Waals surface area contributed by atoms with Gasteiger partial charge in [-0.3, -0.25) is 4.79 Å². The van der Waals surface area contributed by atoms with Crippen molar-refractivity contribution in [2.45, 2.75) is 90.5 Å². The van der Waals surface area contributed by atoms with Gasteiger partial charge in [-0.25, -0.2) is 0 Å². The van der Waals surface area contributed by atoms with Crippen LogP contribution in [-0.2, 0) is 21.1 Å². The summed E-state index contributed by atoms with van der Waals surface area (Å²) in [7, 11) is 0. The van der Waals surface area contributed by atoms with E-state index in [0.29, 0.717) is 29.2 Å². The number of carbonyl (C=O) groups is 1. The third-order valence-electron chi connectivity index (χ3n) is 8.13. The van der Waals surface area contributed by atoms with Crippen molar-refractivity contribution in [3.05, 3.63) is 58.3 Å². The number of carbonyl (C=O) groups excluding carboxylic acids is 1. The summed E-state index contributed by atoms with van der Waals surface area (Å²) in [6.45, 7) is 11.7. The van der Waals surface area contributed by atoms with E-state index in [2.05, 4.69) is 15.5 Å². The third kappa shape index (κ3) is 4.26. The van der Waals surface area contributed by atoms with Crippen molar-refractivity contribution in [1.82, 2.24) is 10.2 Å². The fourth-order valence-corrected chi connectivity index (χ4v) is 5.66. The summed E-state index contributed by atoms with van der Waals surface area (Å²) in [6, 6.07) is 8.45. The molecule has 9 heteroatoms. The highest BCUT2D eigenvalue weighted by Crippen LogP contribution is 2.50. The van der Waals surface area contributed by atoms with Crippen LogP contribution in [0.15, 0.2) is 30.3 Å². The molecule has 2 atom stereocenters. The van der Waals surface area contributed by atoms with Gasteiger partial charge in [-0.2, -0.15) is 13.9 Å². The second-order valence-corrected chi connectivity index (χ2v) is 11.4. The average molecular weight is 539 g/mol. The number of benzene rings is 2. The molecule has 3 aromatic rings. The zero-order chi connectivity index (χ0) is 28.5. The minimum Gasteiger partial charge on any atom is -0.384 e. The highest BCUT2D eigenvalue weighted by molar-refractivity contribution is 6.11. The molecule has 5 rings (SSSR count). The Morgan fingerprint density at radius 3 is 2.51 bits per heavy atom. The van der Waals surface area contributed by atoms with Crippen LogP contribution >= 0.6 is 0 Å². The Bertz CT molecular complexity index is 1460. The normalized spacial score (nSPS) is 20.5. The minimum atomic E-state index is -3.43. The van der Waals surface area contributed by atoms with E-state index in [1.807, 2.05) is 44.7 Å². The second kappa shape index (κ2) is 9.20. The van der Waals surface area contributed by atoms with Crippen LogP contribution in [0.5, 0.6) is 0 Å². The maximum absolute atomic E-state index is 15.1. The molecule has 1 aliphatic heterocycles. The standard InChI is InChI=1S/C30H36F2N4O3/c1-8-39-29(7)24-14-21-18(4)34-35-26(22(21)15-25(24)36(27(29)37)19-12-13-19)33-17(3)20-10-9-11-23(16(20)2)30(31,32)28(5,6)38/h9-11,14-15,17,19,38H,8,12-13H2,1-7H3,(H,33,35)/t17-,29?/m1/s1. The Morgan fingerprint density at radius 1 is 1.21 bits per heavy atom. The molecule has 1 aliphatic carbocycles. The van der Waals surface area contributed by atoms with Crippen LogP contribution < -0.4 is 10.2 Å². The monoisotopic (exact) mass is 538 g/mol. The van der Waals surface area contributed by atoms with Crippen LogP contribution in [0, 0.1) is 13.8 Å². The number of aryl methyl sites for hydroxylation is 1. The molecule has 39 heavy (non-hydrogen) atoms. The van der Waals surface area contributed by atoms with Crippen LogP contribution in [0.25, 0.3) is 10.8 Å². The van der Waals surface area contributed by atoms with E-state index in [1.54, 1.807) is 19.1 Å². The molecule has 2 N–H and O–H groups in total. The number of hydrogen-bond donors (Lipinski definition) is 2. The van der Waals surface area contributed by atoms with Gasteiger partial charge in [-0.15, -0.1) is 5.10 Å². The molecular formula is C30H36F2N4O3. The SMILES string of the molecule is CCOC1(C)C(=O)N(C2CC2)c2cc3c(N[C@H](C)c4cccc(C(F)(F)C(C)(C)O)c4C)nnc(C)c3cc21. The van der Waals surface area contributed by atoms with Crippen molar-refractivity contribution in [2.24, 2.45) is 0 Å². The minimum absolute atomic E-state index is 0.0567. The fraction of sp³-hybridized carbons (Fsp3) is 0.500. The van der Waals surface area contributed by atoms with Gasteiger partial charge in [-0.05, 0) is 84.6 Å². The Balaban J connectivity index is 1.59. The number of anilines is 2. The van der Waals surface area contributed by atoms with Crippen molar-refractivity contribution in [3.8, 4) is 0 Å². The van der Waals surface area contributed by atoms with Gasteiger partial charge < -0.3 is 20.1 Å². The van der Waals surface area contributed by atoms with Gasteiger partial charge in [0.1, 0.15) is 5.60 Å². The number of aliphatic hydroxyl groups is 1. The number of fused-ring (bicyclic) bond motifs is 2. The molecule has 0 spiro atoms. The van der Waals surface area contributed by atoms with Gasteiger partial charge >= 0.3 is 5.92 Å². The largest absolute Gasteiger partial charge is 0.384 e. The van der Waals surface area contributed by atoms with Gasteiger partial charge in [-0.1, -0.05) is 18.2 Å². The molecule has 1 unspecified atom stereocenters. The highest BCUT2D eigenvalue weighted by atomic mass is 19.3. The van der Waals surface area contributed by atoms with Crippen molar-refractivity contribution >= 4 is 28.2 Å². The molecule has 7 nitrogen and oxygen atoms in total. The van der Waals surface area contributed by atoms with Gasteiger partial charge in [0, 0.05) is 34.5 Å². The maximum atomic E-state index is 15.1. The van der Waals surface area contributed by atoms with Crippen LogP contribution in [-0.4, -0.2) is 39.5 Å². The number of nitrogens with one attached hydrogen (secondary N) is 1. The first kappa shape index (κ1) is 27.4. The number of amides is 1. The van der Waals surface area contributed by atoms with Crippen molar-refractivity contribution in [3.63, 3.8) is 0 Å². The molecular weight excluding hydrogens is 502 g/mol. The van der Waals surface area contributed by atoms with Gasteiger partial charge in [0.05, 0.1) is 17.4 Å². The van der Waals surface area contributed by atoms with Crippen LogP contribution in [0.4, 0.5) is 20.3 Å². The Hall–Kier alpha value is -3.17. The van der Waals surface area contributed by atoms with E-state index >= 15 is 8.78 Å². The number of nitrogens with zero attached hydrogens (tertiary/aromatic N) is 3. The van der Waals surface area contributed by atoms with E-state index in [4.69, 9.17) is 4.74 Å². The Labute approximate surface area is 227 Å². The summed E-state index contributed by atoms with van der Waals surface area (Å²) >= 11 is 0. The zero-order valence-corrected chi connectivity index (χ0v) is 23.5. The number of hydrogen-bond acceptors (Lipinski definition) is 6. The Kier molecular flexibility index (Phi) is 6.46. The van der Waals surface area contributed by atoms with E-state index in [0.717, 1.165) is 48.7 Å². The first-order valence-corrected chi connectivity index (χ1v) is 13.5. The summed E-state index contributed by atoms with van der Waals surface area (Å²) in [4.78, 5) is 15.4. The van der Waals surface area contributed by atoms with Gasteiger partial charge in [0.15, 0.2) is 11.4 Å². The first-order valence-electron chi connectivity index (χ1n) is 13.5. The van der Waals surface area contributed by atoms with E-state index in [1.165, 1.54) is 6.07 Å². The van der Waals surface area contributed by atoms with E-state index in [9.17, 15) is 9.90 Å². The molecule has 1 saturated carbocycles. The maximum Gasteiger partial charge on any atom is 0.300 e.